The number of halogens is 3. The third-order valence-electron chi connectivity index (χ3n) is 4.63. The first-order valence-corrected chi connectivity index (χ1v) is 9.79. The van der Waals surface area contributed by atoms with Gasteiger partial charge in [-0.05, 0) is 62.3 Å². The van der Waals surface area contributed by atoms with Crippen LogP contribution in [-0.4, -0.2) is 50.6 Å². The van der Waals surface area contributed by atoms with Crippen molar-refractivity contribution in [1.29, 1.82) is 0 Å². The summed E-state index contributed by atoms with van der Waals surface area (Å²) in [5.74, 6) is 0.685. The zero-order valence-electron chi connectivity index (χ0n) is 17.0. The maximum atomic E-state index is 12.2. The summed E-state index contributed by atoms with van der Waals surface area (Å²) < 4.78 is 51.5. The molecule has 0 spiro atoms. The highest BCUT2D eigenvalue weighted by atomic mass is 19.4. The Hall–Kier alpha value is -3.14. The molecule has 0 aromatic heterocycles. The van der Waals surface area contributed by atoms with Gasteiger partial charge in [0.15, 0.2) is 11.5 Å². The van der Waals surface area contributed by atoms with Crippen molar-refractivity contribution in [2.45, 2.75) is 19.2 Å². The number of ether oxygens (including phenoxy) is 3. The van der Waals surface area contributed by atoms with Gasteiger partial charge in [0, 0.05) is 24.0 Å². The molecule has 1 saturated heterocycles. The molecule has 31 heavy (non-hydrogen) atoms. The standard InChI is InChI=1S/C21H24F3N3O4/c1-29-19-14-16(6-9-18(19)30-13-12-27-10-2-3-11-27)26-20(28)25-15-4-7-17(8-5-15)31-21(22,23)24/h4-9,14H,2-3,10-13H2,1H3,(H2,25,26,28). The molecule has 1 heterocycles. The number of carbonyl (C=O) groups is 1. The second-order valence-electron chi connectivity index (χ2n) is 6.91. The van der Waals surface area contributed by atoms with Crippen molar-refractivity contribution in [2.75, 3.05) is 44.0 Å². The number of amides is 2. The molecule has 10 heteroatoms. The van der Waals surface area contributed by atoms with Crippen LogP contribution < -0.4 is 24.8 Å². The van der Waals surface area contributed by atoms with Crippen LogP contribution in [0, 0.1) is 0 Å². The summed E-state index contributed by atoms with van der Waals surface area (Å²) in [5.41, 5.74) is 0.777. The van der Waals surface area contributed by atoms with Crippen molar-refractivity contribution in [3.63, 3.8) is 0 Å². The lowest BCUT2D eigenvalue weighted by molar-refractivity contribution is -0.274. The van der Waals surface area contributed by atoms with Gasteiger partial charge >= 0.3 is 12.4 Å². The molecule has 2 aromatic rings. The number of carbonyl (C=O) groups excluding carboxylic acids is 1. The van der Waals surface area contributed by atoms with Crippen LogP contribution in [0.5, 0.6) is 17.2 Å². The first-order chi connectivity index (χ1) is 14.8. The van der Waals surface area contributed by atoms with E-state index in [1.807, 2.05) is 0 Å². The molecule has 0 aliphatic carbocycles. The monoisotopic (exact) mass is 439 g/mol. The lowest BCUT2D eigenvalue weighted by Crippen LogP contribution is -2.25. The molecule has 0 unspecified atom stereocenters. The third-order valence-corrected chi connectivity index (χ3v) is 4.63. The molecule has 0 saturated carbocycles. The zero-order chi connectivity index (χ0) is 22.3. The zero-order valence-corrected chi connectivity index (χ0v) is 17.0. The fourth-order valence-electron chi connectivity index (χ4n) is 3.19. The lowest BCUT2D eigenvalue weighted by atomic mass is 10.2. The molecule has 0 bridgehead atoms. The van der Waals surface area contributed by atoms with Crippen molar-refractivity contribution >= 4 is 17.4 Å². The molecule has 3 rings (SSSR count). The summed E-state index contributed by atoms with van der Waals surface area (Å²) in [7, 11) is 1.51. The molecule has 1 aliphatic rings. The number of nitrogens with one attached hydrogen (secondary N) is 2. The van der Waals surface area contributed by atoms with E-state index in [0.717, 1.165) is 31.8 Å². The van der Waals surface area contributed by atoms with Crippen LogP contribution in [0.1, 0.15) is 12.8 Å². The number of alkyl halides is 3. The Morgan fingerprint density at radius 2 is 1.65 bits per heavy atom. The highest BCUT2D eigenvalue weighted by molar-refractivity contribution is 5.99. The summed E-state index contributed by atoms with van der Waals surface area (Å²) in [6.07, 6.45) is -2.33. The first kappa shape index (κ1) is 22.5. The van der Waals surface area contributed by atoms with Gasteiger partial charge in [0.2, 0.25) is 0 Å². The van der Waals surface area contributed by atoms with Crippen LogP contribution in [-0.2, 0) is 0 Å². The van der Waals surface area contributed by atoms with E-state index in [4.69, 9.17) is 9.47 Å². The smallest absolute Gasteiger partial charge is 0.493 e. The SMILES string of the molecule is COc1cc(NC(=O)Nc2ccc(OC(F)(F)F)cc2)ccc1OCCN1CCCC1. The minimum absolute atomic E-state index is 0.306. The minimum Gasteiger partial charge on any atom is -0.493 e. The molecule has 2 aromatic carbocycles. The van der Waals surface area contributed by atoms with Crippen molar-refractivity contribution in [1.82, 2.24) is 4.90 Å². The summed E-state index contributed by atoms with van der Waals surface area (Å²) in [5, 5.41) is 5.17. The number of hydrogen-bond donors (Lipinski definition) is 2. The summed E-state index contributed by atoms with van der Waals surface area (Å²) >= 11 is 0. The van der Waals surface area contributed by atoms with Crippen molar-refractivity contribution in [3.05, 3.63) is 42.5 Å². The quantitative estimate of drug-likeness (QED) is 0.623. The Morgan fingerprint density at radius 3 is 2.29 bits per heavy atom. The van der Waals surface area contributed by atoms with Crippen LogP contribution in [0.25, 0.3) is 0 Å². The molecular weight excluding hydrogens is 415 g/mol. The van der Waals surface area contributed by atoms with Gasteiger partial charge in [-0.1, -0.05) is 0 Å². The maximum Gasteiger partial charge on any atom is 0.573 e. The Kier molecular flexibility index (Phi) is 7.45. The van der Waals surface area contributed by atoms with E-state index in [9.17, 15) is 18.0 Å². The largest absolute Gasteiger partial charge is 0.573 e. The number of methoxy groups -OCH3 is 1. The Balaban J connectivity index is 1.52. The van der Waals surface area contributed by atoms with Gasteiger partial charge < -0.3 is 24.8 Å². The molecule has 7 nitrogen and oxygen atoms in total. The number of urea groups is 1. The molecule has 1 fully saturated rings. The fraction of sp³-hybridized carbons (Fsp3) is 0.381. The second kappa shape index (κ2) is 10.3. The van der Waals surface area contributed by atoms with Crippen molar-refractivity contribution < 1.29 is 32.2 Å². The highest BCUT2D eigenvalue weighted by Gasteiger charge is 2.31. The predicted molar refractivity (Wildman–Crippen MR) is 110 cm³/mol. The van der Waals surface area contributed by atoms with E-state index in [1.54, 1.807) is 18.2 Å². The van der Waals surface area contributed by atoms with Crippen LogP contribution >= 0.6 is 0 Å². The molecule has 1 aliphatic heterocycles. The van der Waals surface area contributed by atoms with Gasteiger partial charge in [0.05, 0.1) is 7.11 Å². The lowest BCUT2D eigenvalue weighted by Gasteiger charge is -2.17. The third kappa shape index (κ3) is 7.25. The Labute approximate surface area is 178 Å². The van der Waals surface area contributed by atoms with Crippen LogP contribution in [0.4, 0.5) is 29.3 Å². The number of anilines is 2. The van der Waals surface area contributed by atoms with E-state index in [-0.39, 0.29) is 5.75 Å². The van der Waals surface area contributed by atoms with Gasteiger partial charge in [-0.15, -0.1) is 13.2 Å². The minimum atomic E-state index is -4.77. The topological polar surface area (TPSA) is 72.1 Å². The van der Waals surface area contributed by atoms with Crippen LogP contribution in [0.2, 0.25) is 0 Å². The Bertz CT molecular complexity index is 869. The predicted octanol–water partition coefficient (Wildman–Crippen LogP) is 4.71. The Morgan fingerprint density at radius 1 is 1.00 bits per heavy atom. The molecule has 2 amide bonds. The van der Waals surface area contributed by atoms with Gasteiger partial charge in [-0.2, -0.15) is 0 Å². The molecular formula is C21H24F3N3O4. The number of nitrogens with zero attached hydrogens (tertiary/aromatic N) is 1. The van der Waals surface area contributed by atoms with Crippen LogP contribution in [0.15, 0.2) is 42.5 Å². The van der Waals surface area contributed by atoms with Gasteiger partial charge in [0.25, 0.3) is 0 Å². The normalized spacial score (nSPS) is 14.2. The van der Waals surface area contributed by atoms with E-state index < -0.39 is 12.4 Å². The van der Waals surface area contributed by atoms with Crippen LogP contribution in [0.3, 0.4) is 0 Å². The van der Waals surface area contributed by atoms with E-state index in [0.29, 0.717) is 29.5 Å². The molecule has 0 atom stereocenters. The average Bonchev–Trinajstić information content (AvgIpc) is 3.23. The molecule has 2 N–H and O–H groups in total. The maximum absolute atomic E-state index is 12.2. The number of rotatable bonds is 8. The second-order valence-corrected chi connectivity index (χ2v) is 6.91. The first-order valence-electron chi connectivity index (χ1n) is 9.79. The molecule has 168 valence electrons. The van der Waals surface area contributed by atoms with Gasteiger partial charge in [-0.3, -0.25) is 4.90 Å². The highest BCUT2D eigenvalue weighted by Crippen LogP contribution is 2.30. The van der Waals surface area contributed by atoms with E-state index >= 15 is 0 Å². The fourth-order valence-corrected chi connectivity index (χ4v) is 3.19. The number of likely N-dealkylation sites (tertiary alicyclic amines) is 1. The summed E-state index contributed by atoms with van der Waals surface area (Å²) in [6.45, 7) is 3.57. The molecule has 0 radical (unpaired) electrons. The van der Waals surface area contributed by atoms with Crippen molar-refractivity contribution in [3.8, 4) is 17.2 Å². The summed E-state index contributed by atoms with van der Waals surface area (Å²) in [4.78, 5) is 14.5. The number of hydrogen-bond acceptors (Lipinski definition) is 5. The van der Waals surface area contributed by atoms with Gasteiger partial charge in [0.1, 0.15) is 12.4 Å². The van der Waals surface area contributed by atoms with E-state index in [2.05, 4.69) is 20.3 Å². The van der Waals surface area contributed by atoms with Crippen molar-refractivity contribution in [2.24, 2.45) is 0 Å². The number of benzene rings is 2. The van der Waals surface area contributed by atoms with Gasteiger partial charge in [-0.25, -0.2) is 4.79 Å². The average molecular weight is 439 g/mol. The van der Waals surface area contributed by atoms with E-state index in [1.165, 1.54) is 32.1 Å². The summed E-state index contributed by atoms with van der Waals surface area (Å²) in [6, 6.07) is 9.28.